The molecule has 1 aliphatic rings. The molecule has 2 aromatic rings. The third-order valence-electron chi connectivity index (χ3n) is 4.84. The van der Waals surface area contributed by atoms with Gasteiger partial charge in [-0.2, -0.15) is 13.2 Å². The molecule has 0 unspecified atom stereocenters. The van der Waals surface area contributed by atoms with Crippen molar-refractivity contribution in [3.8, 4) is 0 Å². The Balaban J connectivity index is 1.57. The first-order valence-corrected chi connectivity index (χ1v) is 9.69. The van der Waals surface area contributed by atoms with Gasteiger partial charge in [-0.25, -0.2) is 4.39 Å². The summed E-state index contributed by atoms with van der Waals surface area (Å²) in [6.07, 6.45) is -1.92. The molecule has 1 saturated carbocycles. The smallest absolute Gasteiger partial charge is 0.343 e. The van der Waals surface area contributed by atoms with Crippen LogP contribution in [-0.2, 0) is 17.8 Å². The summed E-state index contributed by atoms with van der Waals surface area (Å²) in [4.78, 5) is 26.3. The van der Waals surface area contributed by atoms with Crippen LogP contribution in [0, 0.1) is 5.82 Å². The van der Waals surface area contributed by atoms with E-state index in [-0.39, 0.29) is 29.8 Å². The van der Waals surface area contributed by atoms with Crippen LogP contribution < -0.4 is 5.32 Å². The monoisotopic (exact) mass is 422 g/mol. The number of carbonyl (C=O) groups is 2. The molecule has 1 N–H and O–H groups in total. The molecule has 0 heterocycles. The molecule has 1 fully saturated rings. The van der Waals surface area contributed by atoms with Gasteiger partial charge in [0, 0.05) is 24.6 Å². The molecule has 0 radical (unpaired) electrons. The van der Waals surface area contributed by atoms with Crippen LogP contribution in [0.3, 0.4) is 0 Å². The minimum atomic E-state index is -4.47. The number of halogens is 4. The van der Waals surface area contributed by atoms with Gasteiger partial charge in [-0.15, -0.1) is 0 Å². The summed E-state index contributed by atoms with van der Waals surface area (Å²) in [5.74, 6) is -1.17. The first-order chi connectivity index (χ1) is 14.2. The second-order valence-corrected chi connectivity index (χ2v) is 7.38. The van der Waals surface area contributed by atoms with E-state index in [9.17, 15) is 27.2 Å². The summed E-state index contributed by atoms with van der Waals surface area (Å²) >= 11 is 0. The number of hydrogen-bond acceptors (Lipinski definition) is 2. The fraction of sp³-hybridized carbons (Fsp3) is 0.364. The molecule has 3 rings (SSSR count). The number of alkyl halides is 3. The Hall–Kier alpha value is -2.90. The number of hydrogen-bond donors (Lipinski definition) is 1. The van der Waals surface area contributed by atoms with Crippen molar-refractivity contribution in [1.29, 1.82) is 0 Å². The van der Waals surface area contributed by atoms with Crippen LogP contribution in [-0.4, -0.2) is 35.5 Å². The normalized spacial score (nSPS) is 13.7. The molecule has 30 heavy (non-hydrogen) atoms. The number of carbonyl (C=O) groups excluding carboxylic acids is 2. The Morgan fingerprint density at radius 2 is 1.73 bits per heavy atom. The molecule has 2 amide bonds. The molecular formula is C22H22F4N2O2. The third kappa shape index (κ3) is 6.57. The van der Waals surface area contributed by atoms with E-state index >= 15 is 0 Å². The van der Waals surface area contributed by atoms with Crippen LogP contribution >= 0.6 is 0 Å². The second-order valence-electron chi connectivity index (χ2n) is 7.38. The number of benzene rings is 2. The Morgan fingerprint density at radius 3 is 2.33 bits per heavy atom. The fourth-order valence-corrected chi connectivity index (χ4v) is 3.14. The zero-order valence-electron chi connectivity index (χ0n) is 16.2. The maximum atomic E-state index is 13.3. The van der Waals surface area contributed by atoms with Crippen molar-refractivity contribution in [2.75, 3.05) is 6.54 Å². The maximum Gasteiger partial charge on any atom is 0.405 e. The minimum absolute atomic E-state index is 0.0336. The van der Waals surface area contributed by atoms with Crippen molar-refractivity contribution < 1.29 is 27.2 Å². The first kappa shape index (κ1) is 21.8. The van der Waals surface area contributed by atoms with Crippen LogP contribution in [0.4, 0.5) is 17.6 Å². The topological polar surface area (TPSA) is 49.4 Å². The number of amides is 2. The number of rotatable bonds is 8. The van der Waals surface area contributed by atoms with Gasteiger partial charge in [-0.3, -0.25) is 9.59 Å². The highest BCUT2D eigenvalue weighted by Gasteiger charge is 2.32. The summed E-state index contributed by atoms with van der Waals surface area (Å²) in [6, 6.07) is 12.5. The summed E-state index contributed by atoms with van der Waals surface area (Å²) in [7, 11) is 0. The average molecular weight is 422 g/mol. The van der Waals surface area contributed by atoms with Crippen molar-refractivity contribution in [2.45, 2.75) is 44.4 Å². The minimum Gasteiger partial charge on any atom is -0.343 e. The quantitative estimate of drug-likeness (QED) is 0.647. The van der Waals surface area contributed by atoms with Crippen molar-refractivity contribution in [3.05, 3.63) is 71.0 Å². The molecule has 0 atom stereocenters. The molecular weight excluding hydrogens is 400 g/mol. The van der Waals surface area contributed by atoms with E-state index in [0.717, 1.165) is 24.0 Å². The van der Waals surface area contributed by atoms with Gasteiger partial charge < -0.3 is 10.2 Å². The Labute approximate surface area is 171 Å². The van der Waals surface area contributed by atoms with E-state index < -0.39 is 18.6 Å². The van der Waals surface area contributed by atoms with E-state index in [2.05, 4.69) is 0 Å². The zero-order chi connectivity index (χ0) is 21.7. The molecule has 0 aromatic heterocycles. The standard InChI is InChI=1S/C22H22F4N2O2/c23-18-3-1-2-15(12-18)6-11-20(29)28(19-9-10-19)13-16-4-7-17(8-5-16)21(30)27-14-22(24,25)26/h1-5,7-8,12,19H,6,9-11,13-14H2,(H,27,30). The van der Waals surface area contributed by atoms with Crippen LogP contribution in [0.1, 0.15) is 40.7 Å². The van der Waals surface area contributed by atoms with Gasteiger partial charge in [0.1, 0.15) is 12.4 Å². The van der Waals surface area contributed by atoms with Gasteiger partial charge in [0.05, 0.1) is 0 Å². The summed E-state index contributed by atoms with van der Waals surface area (Å²) in [5.41, 5.74) is 1.67. The Morgan fingerprint density at radius 1 is 1.03 bits per heavy atom. The summed E-state index contributed by atoms with van der Waals surface area (Å²) < 4.78 is 49.9. The number of nitrogens with one attached hydrogen (secondary N) is 1. The second kappa shape index (κ2) is 9.28. The molecule has 8 heteroatoms. The number of nitrogens with zero attached hydrogens (tertiary/aromatic N) is 1. The van der Waals surface area contributed by atoms with Gasteiger partial charge in [-0.05, 0) is 54.7 Å². The van der Waals surface area contributed by atoms with Gasteiger partial charge in [-0.1, -0.05) is 24.3 Å². The van der Waals surface area contributed by atoms with Crippen molar-refractivity contribution in [2.24, 2.45) is 0 Å². The van der Waals surface area contributed by atoms with Crippen molar-refractivity contribution in [3.63, 3.8) is 0 Å². The first-order valence-electron chi connectivity index (χ1n) is 9.69. The highest BCUT2D eigenvalue weighted by atomic mass is 19.4. The molecule has 1 aliphatic carbocycles. The number of aryl methyl sites for hydroxylation is 1. The lowest BCUT2D eigenvalue weighted by Gasteiger charge is -2.23. The predicted octanol–water partition coefficient (Wildman–Crippen LogP) is 4.24. The highest BCUT2D eigenvalue weighted by molar-refractivity contribution is 5.94. The third-order valence-corrected chi connectivity index (χ3v) is 4.84. The molecule has 0 spiro atoms. The molecule has 160 valence electrons. The van der Waals surface area contributed by atoms with Gasteiger partial charge in [0.2, 0.25) is 5.91 Å². The van der Waals surface area contributed by atoms with E-state index in [1.165, 1.54) is 24.3 Å². The average Bonchev–Trinajstić information content (AvgIpc) is 3.53. The lowest BCUT2D eigenvalue weighted by molar-refractivity contribution is -0.132. The fourth-order valence-electron chi connectivity index (χ4n) is 3.14. The van der Waals surface area contributed by atoms with Gasteiger partial charge in [0.25, 0.3) is 5.91 Å². The predicted molar refractivity (Wildman–Crippen MR) is 103 cm³/mol. The summed E-state index contributed by atoms with van der Waals surface area (Å²) in [5, 5.41) is 1.83. The summed E-state index contributed by atoms with van der Waals surface area (Å²) in [6.45, 7) is -1.03. The molecule has 0 saturated heterocycles. The van der Waals surface area contributed by atoms with E-state index in [1.54, 1.807) is 29.2 Å². The van der Waals surface area contributed by atoms with Crippen LogP contribution in [0.5, 0.6) is 0 Å². The Bertz CT molecular complexity index is 893. The van der Waals surface area contributed by atoms with Crippen LogP contribution in [0.15, 0.2) is 48.5 Å². The van der Waals surface area contributed by atoms with E-state index in [4.69, 9.17) is 0 Å². The lowest BCUT2D eigenvalue weighted by atomic mass is 10.1. The van der Waals surface area contributed by atoms with Gasteiger partial charge in [0.15, 0.2) is 0 Å². The SMILES string of the molecule is O=C(NCC(F)(F)F)c1ccc(CN(C(=O)CCc2cccc(F)c2)C2CC2)cc1. The van der Waals surface area contributed by atoms with E-state index in [1.807, 2.05) is 5.32 Å². The molecule has 0 bridgehead atoms. The maximum absolute atomic E-state index is 13.3. The Kier molecular flexibility index (Phi) is 6.74. The van der Waals surface area contributed by atoms with Gasteiger partial charge >= 0.3 is 6.18 Å². The molecule has 2 aromatic carbocycles. The zero-order valence-corrected chi connectivity index (χ0v) is 16.2. The lowest BCUT2D eigenvalue weighted by Crippen LogP contribution is -2.34. The molecule has 0 aliphatic heterocycles. The largest absolute Gasteiger partial charge is 0.405 e. The van der Waals surface area contributed by atoms with Crippen molar-refractivity contribution >= 4 is 11.8 Å². The molecule has 4 nitrogen and oxygen atoms in total. The highest BCUT2D eigenvalue weighted by Crippen LogP contribution is 2.29. The van der Waals surface area contributed by atoms with Crippen LogP contribution in [0.2, 0.25) is 0 Å². The van der Waals surface area contributed by atoms with E-state index in [0.29, 0.717) is 13.0 Å². The van der Waals surface area contributed by atoms with Crippen LogP contribution in [0.25, 0.3) is 0 Å². The van der Waals surface area contributed by atoms with Crippen molar-refractivity contribution in [1.82, 2.24) is 10.2 Å².